The van der Waals surface area contributed by atoms with Crippen LogP contribution < -0.4 is 9.47 Å². The minimum absolute atomic E-state index is 0.0467. The number of benzene rings is 2. The lowest BCUT2D eigenvalue weighted by molar-refractivity contribution is -0.221. The number of fused-ring (bicyclic) bond motifs is 6. The van der Waals surface area contributed by atoms with Crippen molar-refractivity contribution >= 4 is 33.8 Å². The van der Waals surface area contributed by atoms with Crippen molar-refractivity contribution in [3.8, 4) is 17.3 Å². The van der Waals surface area contributed by atoms with Gasteiger partial charge in [0.1, 0.15) is 5.75 Å². The maximum absolute atomic E-state index is 13.3. The fourth-order valence-corrected chi connectivity index (χ4v) is 5.07. The van der Waals surface area contributed by atoms with Crippen LogP contribution in [0.3, 0.4) is 0 Å². The van der Waals surface area contributed by atoms with Crippen LogP contribution in [0.1, 0.15) is 34.5 Å². The number of carbonyl (C=O) groups is 3. The van der Waals surface area contributed by atoms with E-state index in [0.717, 1.165) is 7.11 Å². The molecule has 2 aliphatic heterocycles. The van der Waals surface area contributed by atoms with Crippen molar-refractivity contribution in [3.05, 3.63) is 69.8 Å². The number of ether oxygens (including phenoxy) is 5. The van der Waals surface area contributed by atoms with Crippen LogP contribution in [0.25, 0.3) is 5.69 Å². The summed E-state index contributed by atoms with van der Waals surface area (Å²) in [5.74, 6) is -6.62. The van der Waals surface area contributed by atoms with Crippen molar-refractivity contribution in [3.63, 3.8) is 0 Å². The molecular weight excluding hydrogens is 536 g/mol. The summed E-state index contributed by atoms with van der Waals surface area (Å²) in [6.07, 6.45) is 0. The maximum Gasteiger partial charge on any atom is 0.393 e. The first-order valence-corrected chi connectivity index (χ1v) is 11.8. The highest BCUT2D eigenvalue weighted by Gasteiger charge is 2.68. The van der Waals surface area contributed by atoms with Gasteiger partial charge in [-0.25, -0.2) is 9.59 Å². The summed E-state index contributed by atoms with van der Waals surface area (Å²) in [6, 6.07) is 14.0. The van der Waals surface area contributed by atoms with Gasteiger partial charge in [-0.05, 0) is 37.3 Å². The summed E-state index contributed by atoms with van der Waals surface area (Å²) < 4.78 is 29.9. The first-order chi connectivity index (χ1) is 17.4. The number of nitrogens with zero attached hydrogens (tertiary/aromatic N) is 2. The zero-order valence-electron chi connectivity index (χ0n) is 19.5. The van der Waals surface area contributed by atoms with Crippen molar-refractivity contribution < 1.29 is 38.1 Å². The van der Waals surface area contributed by atoms with E-state index in [4.69, 9.17) is 23.7 Å². The highest BCUT2D eigenvalue weighted by Crippen LogP contribution is 2.57. The Labute approximate surface area is 214 Å². The van der Waals surface area contributed by atoms with Crippen LogP contribution in [0.4, 0.5) is 0 Å². The van der Waals surface area contributed by atoms with Gasteiger partial charge in [0.25, 0.3) is 0 Å². The van der Waals surface area contributed by atoms with E-state index in [1.807, 2.05) is 6.07 Å². The van der Waals surface area contributed by atoms with Crippen molar-refractivity contribution in [2.75, 3.05) is 20.8 Å². The van der Waals surface area contributed by atoms with Crippen LogP contribution >= 0.6 is 15.9 Å². The van der Waals surface area contributed by atoms with E-state index in [0.29, 0.717) is 15.7 Å². The highest BCUT2D eigenvalue weighted by atomic mass is 79.9. The van der Waals surface area contributed by atoms with Gasteiger partial charge < -0.3 is 23.7 Å². The molecule has 0 N–H and O–H groups in total. The molecule has 2 aromatic carbocycles. The molecule has 0 amide bonds. The third kappa shape index (κ3) is 3.45. The number of halogens is 1. The van der Waals surface area contributed by atoms with Gasteiger partial charge in [0.2, 0.25) is 5.88 Å². The Balaban J connectivity index is 1.89. The first kappa shape index (κ1) is 23.9. The minimum atomic E-state index is -2.24. The number of esters is 3. The van der Waals surface area contributed by atoms with E-state index in [1.165, 1.54) is 11.8 Å². The zero-order valence-corrected chi connectivity index (χ0v) is 21.1. The SMILES string of the molecule is CCOC(=O)c1nn(-c2ccccc2)c2c1[C@@H]1c3cc(Br)ccc3O[C@](C(=O)OC)(O2)[C@H]1C(=O)OC. The molecule has 0 aliphatic carbocycles. The number of rotatable bonds is 5. The largest absolute Gasteiger partial charge is 0.469 e. The predicted octanol–water partition coefficient (Wildman–Crippen LogP) is 3.39. The molecule has 3 aromatic rings. The number of para-hydroxylation sites is 1. The van der Waals surface area contributed by atoms with E-state index in [9.17, 15) is 14.4 Å². The standard InChI is InChI=1S/C25H21BrN2O8/c1-4-34-23(30)20-18-17-15-12-13(26)10-11-16(15)35-25(24(31)33-3,19(17)22(29)32-2)36-21(18)28(27-20)14-8-6-5-7-9-14/h5-12,17,19H,4H2,1-3H3/t17-,19+,25-/m0/s1. The van der Waals surface area contributed by atoms with Crippen LogP contribution in [0.2, 0.25) is 0 Å². The normalized spacial score (nSPS) is 21.2. The Hall–Kier alpha value is -3.86. The van der Waals surface area contributed by atoms with E-state index >= 15 is 0 Å². The summed E-state index contributed by atoms with van der Waals surface area (Å²) in [7, 11) is 2.36. The van der Waals surface area contributed by atoms with Crippen molar-refractivity contribution in [2.45, 2.75) is 18.6 Å². The molecular formula is C25H21BrN2O8. The molecule has 2 bridgehead atoms. The third-order valence-electron chi connectivity index (χ3n) is 6.14. The van der Waals surface area contributed by atoms with Crippen LogP contribution in [-0.4, -0.2) is 54.3 Å². The van der Waals surface area contributed by atoms with Crippen molar-refractivity contribution in [1.82, 2.24) is 9.78 Å². The molecule has 5 rings (SSSR count). The smallest absolute Gasteiger partial charge is 0.393 e. The molecule has 0 saturated carbocycles. The van der Waals surface area contributed by atoms with Gasteiger partial charge in [-0.3, -0.25) is 4.79 Å². The van der Waals surface area contributed by atoms with Gasteiger partial charge in [-0.15, -0.1) is 0 Å². The van der Waals surface area contributed by atoms with Crippen LogP contribution in [0.15, 0.2) is 53.0 Å². The van der Waals surface area contributed by atoms with Gasteiger partial charge in [-0.2, -0.15) is 9.78 Å². The van der Waals surface area contributed by atoms with Gasteiger partial charge in [0, 0.05) is 16.0 Å². The topological polar surface area (TPSA) is 115 Å². The number of hydrogen-bond acceptors (Lipinski definition) is 9. The van der Waals surface area contributed by atoms with Crippen LogP contribution in [-0.2, 0) is 23.8 Å². The Bertz CT molecular complexity index is 1370. The van der Waals surface area contributed by atoms with E-state index < -0.39 is 35.5 Å². The molecule has 2 aliphatic rings. The lowest BCUT2D eigenvalue weighted by Gasteiger charge is -2.47. The molecule has 10 nitrogen and oxygen atoms in total. The highest BCUT2D eigenvalue weighted by molar-refractivity contribution is 9.10. The second-order valence-corrected chi connectivity index (χ2v) is 8.97. The first-order valence-electron chi connectivity index (χ1n) is 11.1. The molecule has 186 valence electrons. The molecule has 36 heavy (non-hydrogen) atoms. The van der Waals surface area contributed by atoms with Gasteiger partial charge in [-0.1, -0.05) is 34.1 Å². The van der Waals surface area contributed by atoms with E-state index in [1.54, 1.807) is 49.4 Å². The molecule has 3 heterocycles. The zero-order chi connectivity index (χ0) is 25.6. The van der Waals surface area contributed by atoms with Gasteiger partial charge in [0.05, 0.1) is 32.1 Å². The molecule has 0 radical (unpaired) electrons. The predicted molar refractivity (Wildman–Crippen MR) is 127 cm³/mol. The molecule has 0 unspecified atom stereocenters. The monoisotopic (exact) mass is 556 g/mol. The Morgan fingerprint density at radius 3 is 2.50 bits per heavy atom. The number of carbonyl (C=O) groups excluding carboxylic acids is 3. The number of hydrogen-bond donors (Lipinski definition) is 0. The third-order valence-corrected chi connectivity index (χ3v) is 6.64. The second kappa shape index (κ2) is 8.98. The molecule has 3 atom stereocenters. The lowest BCUT2D eigenvalue weighted by Crippen LogP contribution is -2.64. The molecule has 0 fully saturated rings. The average Bonchev–Trinajstić information content (AvgIpc) is 3.27. The van der Waals surface area contributed by atoms with E-state index in [2.05, 4.69) is 21.0 Å². The summed E-state index contributed by atoms with van der Waals surface area (Å²) in [5, 5.41) is 4.52. The quantitative estimate of drug-likeness (QED) is 0.344. The van der Waals surface area contributed by atoms with E-state index in [-0.39, 0.29) is 29.5 Å². The number of aromatic nitrogens is 2. The Kier molecular flexibility index (Phi) is 5.95. The molecule has 1 aromatic heterocycles. The molecule has 0 spiro atoms. The minimum Gasteiger partial charge on any atom is -0.469 e. The summed E-state index contributed by atoms with van der Waals surface area (Å²) in [6.45, 7) is 1.78. The van der Waals surface area contributed by atoms with Crippen molar-refractivity contribution in [1.29, 1.82) is 0 Å². The molecule has 0 saturated heterocycles. The van der Waals surface area contributed by atoms with Crippen molar-refractivity contribution in [2.24, 2.45) is 5.92 Å². The second-order valence-electron chi connectivity index (χ2n) is 8.06. The maximum atomic E-state index is 13.3. The summed E-state index contributed by atoms with van der Waals surface area (Å²) >= 11 is 3.46. The lowest BCUT2D eigenvalue weighted by atomic mass is 9.72. The van der Waals surface area contributed by atoms with Crippen LogP contribution in [0.5, 0.6) is 11.6 Å². The van der Waals surface area contributed by atoms with Gasteiger partial charge in [0.15, 0.2) is 11.6 Å². The molecule has 11 heteroatoms. The Morgan fingerprint density at radius 1 is 1.08 bits per heavy atom. The summed E-state index contributed by atoms with van der Waals surface area (Å²) in [5.41, 5.74) is 1.30. The number of methoxy groups -OCH3 is 2. The Morgan fingerprint density at radius 2 is 1.83 bits per heavy atom. The average molecular weight is 557 g/mol. The fraction of sp³-hybridized carbons (Fsp3) is 0.280. The van der Waals surface area contributed by atoms with Crippen LogP contribution in [0, 0.1) is 5.92 Å². The van der Waals surface area contributed by atoms with Gasteiger partial charge >= 0.3 is 23.7 Å². The summed E-state index contributed by atoms with van der Waals surface area (Å²) in [4.78, 5) is 39.7. The fourth-order valence-electron chi connectivity index (χ4n) is 4.69.